The minimum atomic E-state index is -0.627. The highest BCUT2D eigenvalue weighted by atomic mass is 19.1. The van der Waals surface area contributed by atoms with Crippen molar-refractivity contribution in [2.45, 2.75) is 13.3 Å². The number of halogens is 1. The molecule has 0 aliphatic heterocycles. The Morgan fingerprint density at radius 1 is 1.33 bits per heavy atom. The summed E-state index contributed by atoms with van der Waals surface area (Å²) in [5, 5.41) is 10.7. The van der Waals surface area contributed by atoms with Crippen LogP contribution in [0.15, 0.2) is 24.4 Å². The number of aromatic nitrogens is 4. The molecule has 0 atom stereocenters. The third-order valence-electron chi connectivity index (χ3n) is 3.54. The fourth-order valence-corrected chi connectivity index (χ4v) is 2.34. The predicted molar refractivity (Wildman–Crippen MR) is 91.1 cm³/mol. The predicted octanol–water partition coefficient (Wildman–Crippen LogP) is 2.58. The molecule has 0 saturated carbocycles. The first-order chi connectivity index (χ1) is 11.7. The van der Waals surface area contributed by atoms with Crippen molar-refractivity contribution in [3.63, 3.8) is 0 Å². The Morgan fingerprint density at radius 3 is 3.04 bits per heavy atom. The Hall–Kier alpha value is -2.74. The number of nitrogens with zero attached hydrogens (tertiary/aromatic N) is 3. The van der Waals surface area contributed by atoms with Gasteiger partial charge in [-0.05, 0) is 25.5 Å². The molecule has 0 aliphatic carbocycles. The molecule has 3 aromatic rings. The van der Waals surface area contributed by atoms with Gasteiger partial charge in [-0.25, -0.2) is 9.37 Å². The molecule has 126 valence electrons. The topological polar surface area (TPSA) is 102 Å². The van der Waals surface area contributed by atoms with E-state index < -0.39 is 5.82 Å². The van der Waals surface area contributed by atoms with Crippen molar-refractivity contribution in [3.05, 3.63) is 30.2 Å². The van der Waals surface area contributed by atoms with E-state index in [2.05, 4.69) is 25.5 Å². The second-order valence-electron chi connectivity index (χ2n) is 5.24. The summed E-state index contributed by atoms with van der Waals surface area (Å²) in [7, 11) is 0. The zero-order valence-corrected chi connectivity index (χ0v) is 13.3. The molecule has 0 aliphatic rings. The third-order valence-corrected chi connectivity index (χ3v) is 3.54. The van der Waals surface area contributed by atoms with E-state index in [1.54, 1.807) is 12.3 Å². The van der Waals surface area contributed by atoms with Crippen LogP contribution < -0.4 is 11.1 Å². The van der Waals surface area contributed by atoms with Crippen molar-refractivity contribution in [3.8, 4) is 11.3 Å². The van der Waals surface area contributed by atoms with Crippen LogP contribution in [0.2, 0.25) is 0 Å². The van der Waals surface area contributed by atoms with Crippen LogP contribution in [-0.4, -0.2) is 39.9 Å². The molecular weight excluding hydrogens is 311 g/mol. The van der Waals surface area contributed by atoms with E-state index in [0.717, 1.165) is 17.3 Å². The molecule has 0 saturated heterocycles. The Kier molecular flexibility index (Phi) is 4.85. The molecule has 0 spiro atoms. The number of rotatable bonds is 7. The summed E-state index contributed by atoms with van der Waals surface area (Å²) in [5.74, 6) is -0.509. The van der Waals surface area contributed by atoms with Gasteiger partial charge < -0.3 is 15.8 Å². The summed E-state index contributed by atoms with van der Waals surface area (Å²) in [5.41, 5.74) is 7.35. The number of anilines is 2. The number of ether oxygens (including phenoxy) is 1. The van der Waals surface area contributed by atoms with Crippen LogP contribution in [0.4, 0.5) is 16.2 Å². The summed E-state index contributed by atoms with van der Waals surface area (Å²) in [6.07, 6.45) is 2.47. The lowest BCUT2D eigenvalue weighted by atomic mass is 10.1. The molecule has 0 fully saturated rings. The number of H-pyrrole nitrogens is 1. The first kappa shape index (κ1) is 16.1. The Bertz CT molecular complexity index is 835. The van der Waals surface area contributed by atoms with Crippen LogP contribution in [0.3, 0.4) is 0 Å². The number of benzene rings is 1. The summed E-state index contributed by atoms with van der Waals surface area (Å²) < 4.78 is 19.6. The van der Waals surface area contributed by atoms with Gasteiger partial charge in [0.15, 0.2) is 11.6 Å². The van der Waals surface area contributed by atoms with Gasteiger partial charge in [-0.1, -0.05) is 6.07 Å². The molecule has 0 unspecified atom stereocenters. The first-order valence-electron chi connectivity index (χ1n) is 7.77. The van der Waals surface area contributed by atoms with Crippen molar-refractivity contribution < 1.29 is 9.13 Å². The highest BCUT2D eigenvalue weighted by Gasteiger charge is 2.14. The summed E-state index contributed by atoms with van der Waals surface area (Å²) in [6.45, 7) is 3.89. The molecule has 4 N–H and O–H groups in total. The van der Waals surface area contributed by atoms with Crippen molar-refractivity contribution in [1.29, 1.82) is 0 Å². The van der Waals surface area contributed by atoms with E-state index >= 15 is 0 Å². The van der Waals surface area contributed by atoms with E-state index in [0.29, 0.717) is 31.3 Å². The van der Waals surface area contributed by atoms with Crippen molar-refractivity contribution in [2.75, 3.05) is 30.8 Å². The molecule has 24 heavy (non-hydrogen) atoms. The van der Waals surface area contributed by atoms with Gasteiger partial charge in [0, 0.05) is 30.7 Å². The molecule has 0 amide bonds. The standard InChI is InChI=1S/C16H19FN6O/c1-2-24-7-3-6-19-16-21-14(13(17)15(18)22-16)10-4-5-12-11(8-10)9-20-23-12/h4-5,8-9H,2-3,6-7H2,1H3,(H,20,23)(H3,18,19,21,22). The van der Waals surface area contributed by atoms with Crippen molar-refractivity contribution in [1.82, 2.24) is 20.2 Å². The van der Waals surface area contributed by atoms with E-state index in [1.807, 2.05) is 19.1 Å². The molecule has 2 heterocycles. The van der Waals surface area contributed by atoms with Crippen LogP contribution in [-0.2, 0) is 4.74 Å². The van der Waals surface area contributed by atoms with Crippen LogP contribution in [0, 0.1) is 5.82 Å². The van der Waals surface area contributed by atoms with Gasteiger partial charge in [0.25, 0.3) is 0 Å². The lowest BCUT2D eigenvalue weighted by molar-refractivity contribution is 0.147. The van der Waals surface area contributed by atoms with Gasteiger partial charge in [0.1, 0.15) is 5.69 Å². The molecule has 7 nitrogen and oxygen atoms in total. The van der Waals surface area contributed by atoms with Crippen LogP contribution >= 0.6 is 0 Å². The fraction of sp³-hybridized carbons (Fsp3) is 0.312. The summed E-state index contributed by atoms with van der Waals surface area (Å²) >= 11 is 0. The zero-order valence-electron chi connectivity index (χ0n) is 13.3. The minimum absolute atomic E-state index is 0.165. The lowest BCUT2D eigenvalue weighted by Gasteiger charge is -2.10. The highest BCUT2D eigenvalue weighted by molar-refractivity contribution is 5.83. The first-order valence-corrected chi connectivity index (χ1v) is 7.77. The quantitative estimate of drug-likeness (QED) is 0.576. The van der Waals surface area contributed by atoms with Gasteiger partial charge in [-0.2, -0.15) is 10.1 Å². The summed E-state index contributed by atoms with van der Waals surface area (Å²) in [6, 6.07) is 5.40. The zero-order chi connectivity index (χ0) is 16.9. The van der Waals surface area contributed by atoms with Crippen molar-refractivity contribution >= 4 is 22.7 Å². The number of aromatic amines is 1. The lowest BCUT2D eigenvalue weighted by Crippen LogP contribution is -2.11. The Morgan fingerprint density at radius 2 is 2.21 bits per heavy atom. The summed E-state index contributed by atoms with van der Waals surface area (Å²) in [4.78, 5) is 8.21. The van der Waals surface area contributed by atoms with E-state index in [-0.39, 0.29) is 11.5 Å². The molecule has 2 aromatic heterocycles. The SMILES string of the molecule is CCOCCCNc1nc(N)c(F)c(-c2ccc3[nH]ncc3c2)n1. The van der Waals surface area contributed by atoms with E-state index in [1.165, 1.54) is 0 Å². The average Bonchev–Trinajstić information content (AvgIpc) is 3.05. The number of hydrogen-bond donors (Lipinski definition) is 3. The van der Waals surface area contributed by atoms with Gasteiger partial charge in [0.2, 0.25) is 5.95 Å². The smallest absolute Gasteiger partial charge is 0.225 e. The number of nitrogens with one attached hydrogen (secondary N) is 2. The largest absolute Gasteiger partial charge is 0.382 e. The van der Waals surface area contributed by atoms with Gasteiger partial charge in [-0.15, -0.1) is 0 Å². The number of fused-ring (bicyclic) bond motifs is 1. The van der Waals surface area contributed by atoms with Crippen LogP contribution in [0.25, 0.3) is 22.2 Å². The monoisotopic (exact) mass is 330 g/mol. The normalized spacial score (nSPS) is 11.1. The molecule has 3 rings (SSSR count). The molecule has 0 bridgehead atoms. The van der Waals surface area contributed by atoms with Gasteiger partial charge in [-0.3, -0.25) is 5.10 Å². The van der Waals surface area contributed by atoms with E-state index in [4.69, 9.17) is 10.5 Å². The molecule has 0 radical (unpaired) electrons. The van der Waals surface area contributed by atoms with E-state index in [9.17, 15) is 4.39 Å². The Labute approximate surface area is 138 Å². The molecule has 1 aromatic carbocycles. The average molecular weight is 330 g/mol. The maximum atomic E-state index is 14.4. The molecular formula is C16H19FN6O. The van der Waals surface area contributed by atoms with Crippen LogP contribution in [0.5, 0.6) is 0 Å². The second kappa shape index (κ2) is 7.22. The maximum absolute atomic E-state index is 14.4. The fourth-order valence-electron chi connectivity index (χ4n) is 2.34. The van der Waals surface area contributed by atoms with Crippen LogP contribution in [0.1, 0.15) is 13.3 Å². The Balaban J connectivity index is 1.83. The maximum Gasteiger partial charge on any atom is 0.225 e. The third kappa shape index (κ3) is 3.43. The number of nitrogens with two attached hydrogens (primary N) is 1. The number of nitrogen functional groups attached to an aromatic ring is 1. The van der Waals surface area contributed by atoms with Gasteiger partial charge >= 0.3 is 0 Å². The highest BCUT2D eigenvalue weighted by Crippen LogP contribution is 2.27. The second-order valence-corrected chi connectivity index (χ2v) is 5.24. The van der Waals surface area contributed by atoms with Gasteiger partial charge in [0.05, 0.1) is 11.7 Å². The minimum Gasteiger partial charge on any atom is -0.382 e. The van der Waals surface area contributed by atoms with Crippen molar-refractivity contribution in [2.24, 2.45) is 0 Å². The number of hydrogen-bond acceptors (Lipinski definition) is 6. The molecule has 8 heteroatoms.